The van der Waals surface area contributed by atoms with Crippen LogP contribution in [-0.4, -0.2) is 24.6 Å². The SMILES string of the molecule is CC(=O)O[C@H]1CCOC1=O. The highest BCUT2D eigenvalue weighted by Gasteiger charge is 2.28. The molecule has 0 N–H and O–H groups in total. The molecule has 1 aliphatic rings. The largest absolute Gasteiger partial charge is 0.463 e. The Balaban J connectivity index is 2.40. The zero-order valence-corrected chi connectivity index (χ0v) is 5.62. The second kappa shape index (κ2) is 2.68. The van der Waals surface area contributed by atoms with Crippen LogP contribution in [0.4, 0.5) is 0 Å². The normalized spacial score (nSPS) is 24.1. The quantitative estimate of drug-likeness (QED) is 0.481. The maximum atomic E-state index is 10.6. The highest BCUT2D eigenvalue weighted by atomic mass is 16.6. The van der Waals surface area contributed by atoms with Gasteiger partial charge >= 0.3 is 11.9 Å². The number of ether oxygens (including phenoxy) is 2. The first-order valence-corrected chi connectivity index (χ1v) is 3.04. The lowest BCUT2D eigenvalue weighted by Crippen LogP contribution is -2.20. The van der Waals surface area contributed by atoms with Crippen LogP contribution in [0.15, 0.2) is 0 Å². The van der Waals surface area contributed by atoms with Crippen molar-refractivity contribution in [1.82, 2.24) is 0 Å². The standard InChI is InChI=1S/C6H8O4/c1-4(7)10-5-2-3-9-6(5)8/h5H,2-3H2,1H3/t5-/m0/s1. The van der Waals surface area contributed by atoms with Crippen LogP contribution in [0.25, 0.3) is 0 Å². The van der Waals surface area contributed by atoms with E-state index in [4.69, 9.17) is 0 Å². The van der Waals surface area contributed by atoms with Gasteiger partial charge in [0.05, 0.1) is 6.61 Å². The summed E-state index contributed by atoms with van der Waals surface area (Å²) in [7, 11) is 0. The van der Waals surface area contributed by atoms with Gasteiger partial charge in [-0.3, -0.25) is 4.79 Å². The van der Waals surface area contributed by atoms with Crippen LogP contribution in [-0.2, 0) is 19.1 Å². The molecule has 4 nitrogen and oxygen atoms in total. The molecule has 0 amide bonds. The summed E-state index contributed by atoms with van der Waals surface area (Å²) < 4.78 is 9.16. The summed E-state index contributed by atoms with van der Waals surface area (Å²) in [6.07, 6.45) is -0.171. The van der Waals surface area contributed by atoms with Gasteiger partial charge < -0.3 is 9.47 Å². The molecule has 1 aliphatic heterocycles. The van der Waals surface area contributed by atoms with Crippen molar-refractivity contribution in [2.45, 2.75) is 19.4 Å². The van der Waals surface area contributed by atoms with Gasteiger partial charge in [-0.1, -0.05) is 0 Å². The van der Waals surface area contributed by atoms with E-state index in [2.05, 4.69) is 9.47 Å². The van der Waals surface area contributed by atoms with Crippen LogP contribution in [0.2, 0.25) is 0 Å². The lowest BCUT2D eigenvalue weighted by molar-refractivity contribution is -0.158. The number of esters is 2. The Morgan fingerprint density at radius 1 is 1.80 bits per heavy atom. The molecule has 1 rings (SSSR count). The van der Waals surface area contributed by atoms with Crippen LogP contribution >= 0.6 is 0 Å². The summed E-state index contributed by atoms with van der Waals surface area (Å²) >= 11 is 0. The Labute approximate surface area is 58.1 Å². The van der Waals surface area contributed by atoms with E-state index < -0.39 is 18.0 Å². The van der Waals surface area contributed by atoms with Crippen LogP contribution in [0.5, 0.6) is 0 Å². The van der Waals surface area contributed by atoms with Gasteiger partial charge in [0.25, 0.3) is 0 Å². The molecule has 0 aliphatic carbocycles. The molecule has 10 heavy (non-hydrogen) atoms. The van der Waals surface area contributed by atoms with Gasteiger partial charge in [-0.2, -0.15) is 0 Å². The first kappa shape index (κ1) is 7.05. The van der Waals surface area contributed by atoms with E-state index in [-0.39, 0.29) is 0 Å². The molecule has 4 heteroatoms. The number of hydrogen-bond acceptors (Lipinski definition) is 4. The van der Waals surface area contributed by atoms with Crippen molar-refractivity contribution in [2.24, 2.45) is 0 Å². The Kier molecular flexibility index (Phi) is 1.89. The van der Waals surface area contributed by atoms with Crippen LogP contribution < -0.4 is 0 Å². The lowest BCUT2D eigenvalue weighted by atomic mass is 10.3. The van der Waals surface area contributed by atoms with E-state index in [9.17, 15) is 9.59 Å². The number of hydrogen-bond donors (Lipinski definition) is 0. The molecule has 1 heterocycles. The fourth-order valence-corrected chi connectivity index (χ4v) is 0.785. The van der Waals surface area contributed by atoms with E-state index in [0.717, 1.165) is 0 Å². The van der Waals surface area contributed by atoms with Gasteiger partial charge in [0.15, 0.2) is 0 Å². The number of rotatable bonds is 1. The maximum Gasteiger partial charge on any atom is 0.347 e. The summed E-state index contributed by atoms with van der Waals surface area (Å²) in [5.41, 5.74) is 0. The van der Waals surface area contributed by atoms with Crippen molar-refractivity contribution in [3.8, 4) is 0 Å². The van der Waals surface area contributed by atoms with Crippen molar-refractivity contribution in [2.75, 3.05) is 6.61 Å². The topological polar surface area (TPSA) is 52.6 Å². The summed E-state index contributed by atoms with van der Waals surface area (Å²) in [6.45, 7) is 1.63. The summed E-state index contributed by atoms with van der Waals surface area (Å²) in [5.74, 6) is -0.876. The predicted molar refractivity (Wildman–Crippen MR) is 31.1 cm³/mol. The van der Waals surface area contributed by atoms with E-state index in [0.29, 0.717) is 13.0 Å². The molecule has 0 aromatic rings. The molecule has 56 valence electrons. The van der Waals surface area contributed by atoms with E-state index in [1.165, 1.54) is 6.92 Å². The average molecular weight is 144 g/mol. The Bertz CT molecular complexity index is 163. The van der Waals surface area contributed by atoms with Gasteiger partial charge in [-0.25, -0.2) is 4.79 Å². The Hall–Kier alpha value is -1.06. The van der Waals surface area contributed by atoms with Gasteiger partial charge in [0.1, 0.15) is 0 Å². The van der Waals surface area contributed by atoms with Crippen molar-refractivity contribution in [3.05, 3.63) is 0 Å². The molecule has 0 saturated carbocycles. The molecular weight excluding hydrogens is 136 g/mol. The van der Waals surface area contributed by atoms with Crippen molar-refractivity contribution in [3.63, 3.8) is 0 Å². The fraction of sp³-hybridized carbons (Fsp3) is 0.667. The van der Waals surface area contributed by atoms with Gasteiger partial charge in [-0.15, -0.1) is 0 Å². The molecule has 0 spiro atoms. The van der Waals surface area contributed by atoms with Crippen LogP contribution in [0.3, 0.4) is 0 Å². The van der Waals surface area contributed by atoms with Gasteiger partial charge in [-0.05, 0) is 0 Å². The first-order chi connectivity index (χ1) is 4.70. The molecule has 0 radical (unpaired) electrons. The summed E-state index contributed by atoms with van der Waals surface area (Å²) in [5, 5.41) is 0. The third-order valence-corrected chi connectivity index (χ3v) is 1.20. The third kappa shape index (κ3) is 1.46. The zero-order chi connectivity index (χ0) is 7.56. The highest BCUT2D eigenvalue weighted by Crippen LogP contribution is 2.09. The maximum absolute atomic E-state index is 10.6. The molecule has 1 fully saturated rings. The van der Waals surface area contributed by atoms with E-state index in [1.54, 1.807) is 0 Å². The smallest absolute Gasteiger partial charge is 0.347 e. The molecule has 1 atom stereocenters. The summed E-state index contributed by atoms with van der Waals surface area (Å²) in [4.78, 5) is 20.9. The Morgan fingerprint density at radius 2 is 2.50 bits per heavy atom. The van der Waals surface area contributed by atoms with Crippen molar-refractivity contribution in [1.29, 1.82) is 0 Å². The molecule has 0 unspecified atom stereocenters. The van der Waals surface area contributed by atoms with E-state index >= 15 is 0 Å². The Morgan fingerprint density at radius 3 is 2.90 bits per heavy atom. The molecule has 0 bridgehead atoms. The molecular formula is C6H8O4. The van der Waals surface area contributed by atoms with Crippen LogP contribution in [0, 0.1) is 0 Å². The highest BCUT2D eigenvalue weighted by molar-refractivity contribution is 5.79. The second-order valence-electron chi connectivity index (χ2n) is 2.05. The minimum Gasteiger partial charge on any atom is -0.463 e. The van der Waals surface area contributed by atoms with Gasteiger partial charge in [0, 0.05) is 13.3 Å². The third-order valence-electron chi connectivity index (χ3n) is 1.20. The minimum atomic E-state index is -0.655. The predicted octanol–water partition coefficient (Wildman–Crippen LogP) is -0.135. The van der Waals surface area contributed by atoms with Crippen molar-refractivity contribution >= 4 is 11.9 Å². The van der Waals surface area contributed by atoms with E-state index in [1.807, 2.05) is 0 Å². The van der Waals surface area contributed by atoms with Gasteiger partial charge in [0.2, 0.25) is 6.10 Å². The molecule has 1 saturated heterocycles. The average Bonchev–Trinajstić information content (AvgIpc) is 2.15. The van der Waals surface area contributed by atoms with Crippen molar-refractivity contribution < 1.29 is 19.1 Å². The number of carbonyl (C=O) groups excluding carboxylic acids is 2. The van der Waals surface area contributed by atoms with Crippen LogP contribution in [0.1, 0.15) is 13.3 Å². The lowest BCUT2D eigenvalue weighted by Gasteiger charge is -2.03. The number of carbonyl (C=O) groups is 2. The monoisotopic (exact) mass is 144 g/mol. The number of cyclic esters (lactones) is 1. The second-order valence-corrected chi connectivity index (χ2v) is 2.05. The zero-order valence-electron chi connectivity index (χ0n) is 5.62. The molecule has 0 aromatic carbocycles. The first-order valence-electron chi connectivity index (χ1n) is 3.04. The fourth-order valence-electron chi connectivity index (χ4n) is 0.785. The minimum absolute atomic E-state index is 0.358. The molecule has 0 aromatic heterocycles. The summed E-state index contributed by atoms with van der Waals surface area (Å²) in [6, 6.07) is 0.